The van der Waals surface area contributed by atoms with Gasteiger partial charge in [-0.05, 0) is 6.92 Å². The summed E-state index contributed by atoms with van der Waals surface area (Å²) in [4.78, 5) is 3.82. The van der Waals surface area contributed by atoms with Crippen LogP contribution >= 0.6 is 0 Å². The summed E-state index contributed by atoms with van der Waals surface area (Å²) in [6.07, 6.45) is 2.06. The maximum atomic E-state index is 4.93. The molecule has 2 nitrogen and oxygen atoms in total. The van der Waals surface area contributed by atoms with Crippen LogP contribution in [0.2, 0.25) is 0 Å². The minimum Gasteiger partial charge on any atom is -0.351 e. The zero-order valence-corrected chi connectivity index (χ0v) is 5.72. The normalized spacial score (nSPS) is 24.6. The van der Waals surface area contributed by atoms with E-state index in [0.29, 0.717) is 6.73 Å². The summed E-state index contributed by atoms with van der Waals surface area (Å²) in [5, 5.41) is 0. The van der Waals surface area contributed by atoms with Gasteiger partial charge in [-0.3, -0.25) is 4.99 Å². The van der Waals surface area contributed by atoms with Crippen LogP contribution in [0, 0.1) is 0 Å². The van der Waals surface area contributed by atoms with E-state index < -0.39 is 0 Å². The second-order valence-corrected chi connectivity index (χ2v) is 1.33. The molecule has 1 unspecified atom stereocenters. The Kier molecular flexibility index (Phi) is 4.56. The van der Waals surface area contributed by atoms with Crippen molar-refractivity contribution in [2.75, 3.05) is 6.73 Å². The number of hydrogen-bond donors (Lipinski definition) is 0. The minimum atomic E-state index is 0.255. The first-order valence-electron chi connectivity index (χ1n) is 3.01. The van der Waals surface area contributed by atoms with Gasteiger partial charge in [0, 0.05) is 6.21 Å². The van der Waals surface area contributed by atoms with Crippen LogP contribution in [0.3, 0.4) is 0 Å². The van der Waals surface area contributed by atoms with Crippen molar-refractivity contribution < 1.29 is 4.74 Å². The van der Waals surface area contributed by atoms with Crippen molar-refractivity contribution in [3.63, 3.8) is 0 Å². The molecule has 1 heterocycles. The fraction of sp³-hybridized carbons (Fsp3) is 0.833. The van der Waals surface area contributed by atoms with Gasteiger partial charge in [-0.1, -0.05) is 13.8 Å². The predicted molar refractivity (Wildman–Crippen MR) is 35.3 cm³/mol. The number of rotatable bonds is 0. The van der Waals surface area contributed by atoms with Crippen LogP contribution in [-0.4, -0.2) is 19.0 Å². The Morgan fingerprint density at radius 1 is 1.62 bits per heavy atom. The van der Waals surface area contributed by atoms with Crippen molar-refractivity contribution in [1.82, 2.24) is 0 Å². The van der Waals surface area contributed by atoms with E-state index in [1.807, 2.05) is 20.8 Å². The maximum Gasteiger partial charge on any atom is 0.138 e. The summed E-state index contributed by atoms with van der Waals surface area (Å²) < 4.78 is 4.93. The third-order valence-corrected chi connectivity index (χ3v) is 0.727. The third-order valence-electron chi connectivity index (χ3n) is 0.727. The van der Waals surface area contributed by atoms with E-state index in [1.54, 1.807) is 6.21 Å². The predicted octanol–water partition coefficient (Wildman–Crippen LogP) is 1.46. The molecule has 0 fully saturated rings. The molecule has 0 bridgehead atoms. The van der Waals surface area contributed by atoms with Crippen molar-refractivity contribution in [2.24, 2.45) is 4.99 Å². The first-order valence-corrected chi connectivity index (χ1v) is 3.01. The number of ether oxygens (including phenoxy) is 1. The Balaban J connectivity index is 0.000000222. The summed E-state index contributed by atoms with van der Waals surface area (Å²) in [6.45, 7) is 6.53. The molecule has 0 saturated carbocycles. The lowest BCUT2D eigenvalue weighted by molar-refractivity contribution is 0.140. The molecule has 0 aromatic heterocycles. The van der Waals surface area contributed by atoms with Crippen molar-refractivity contribution in [3.8, 4) is 0 Å². The van der Waals surface area contributed by atoms with Crippen LogP contribution in [0.1, 0.15) is 20.8 Å². The molecule has 0 spiro atoms. The second kappa shape index (κ2) is 4.78. The summed E-state index contributed by atoms with van der Waals surface area (Å²) in [6, 6.07) is 0. The van der Waals surface area contributed by atoms with Crippen molar-refractivity contribution >= 4 is 6.21 Å². The van der Waals surface area contributed by atoms with E-state index in [2.05, 4.69) is 4.99 Å². The van der Waals surface area contributed by atoms with Gasteiger partial charge in [0.05, 0.1) is 6.10 Å². The Morgan fingerprint density at radius 2 is 2.25 bits per heavy atom. The molecular formula is C6H13NO. The highest BCUT2D eigenvalue weighted by atomic mass is 16.5. The second-order valence-electron chi connectivity index (χ2n) is 1.33. The largest absolute Gasteiger partial charge is 0.351 e. The van der Waals surface area contributed by atoms with Crippen LogP contribution in [0.4, 0.5) is 0 Å². The quantitative estimate of drug-likeness (QED) is 0.468. The minimum absolute atomic E-state index is 0.255. The van der Waals surface area contributed by atoms with Crippen LogP contribution in [0.15, 0.2) is 4.99 Å². The lowest BCUT2D eigenvalue weighted by atomic mass is 10.5. The number of hydrogen-bond acceptors (Lipinski definition) is 2. The number of aliphatic imine (C=N–C) groups is 1. The van der Waals surface area contributed by atoms with Gasteiger partial charge in [-0.2, -0.15) is 0 Å². The highest BCUT2D eigenvalue weighted by molar-refractivity contribution is 5.63. The van der Waals surface area contributed by atoms with Crippen LogP contribution in [0.25, 0.3) is 0 Å². The van der Waals surface area contributed by atoms with E-state index in [0.717, 1.165) is 0 Å². The molecule has 2 heteroatoms. The number of nitrogens with zero attached hydrogens (tertiary/aromatic N) is 1. The Bertz CT molecular complexity index is 70.9. The molecule has 48 valence electrons. The molecule has 8 heavy (non-hydrogen) atoms. The molecule has 1 rings (SSSR count). The summed E-state index contributed by atoms with van der Waals surface area (Å²) in [5.74, 6) is 0. The summed E-state index contributed by atoms with van der Waals surface area (Å²) >= 11 is 0. The molecule has 0 amide bonds. The lowest BCUT2D eigenvalue weighted by Gasteiger charge is -1.91. The summed E-state index contributed by atoms with van der Waals surface area (Å²) in [5.41, 5.74) is 0. The fourth-order valence-corrected chi connectivity index (χ4v) is 0.395. The van der Waals surface area contributed by atoms with Crippen LogP contribution in [0.5, 0.6) is 0 Å². The topological polar surface area (TPSA) is 21.6 Å². The molecule has 0 aromatic rings. The highest BCUT2D eigenvalue weighted by Crippen LogP contribution is 1.92. The fourth-order valence-electron chi connectivity index (χ4n) is 0.395. The SMILES string of the molecule is CC.CC1C=NCO1. The van der Waals surface area contributed by atoms with Gasteiger partial charge in [-0.15, -0.1) is 0 Å². The van der Waals surface area contributed by atoms with Crippen molar-refractivity contribution in [2.45, 2.75) is 26.9 Å². The van der Waals surface area contributed by atoms with E-state index in [4.69, 9.17) is 4.74 Å². The van der Waals surface area contributed by atoms with Gasteiger partial charge >= 0.3 is 0 Å². The monoisotopic (exact) mass is 115 g/mol. The standard InChI is InChI=1S/C4H7NO.C2H6/c1-4-2-5-3-6-4;1-2/h2,4H,3H2,1H3;1-2H3. The van der Waals surface area contributed by atoms with E-state index >= 15 is 0 Å². The van der Waals surface area contributed by atoms with Crippen LogP contribution < -0.4 is 0 Å². The first kappa shape index (κ1) is 7.63. The van der Waals surface area contributed by atoms with Gasteiger partial charge in [0.25, 0.3) is 0 Å². The van der Waals surface area contributed by atoms with Gasteiger partial charge in [0.1, 0.15) is 6.73 Å². The first-order chi connectivity index (χ1) is 3.89. The van der Waals surface area contributed by atoms with E-state index in [-0.39, 0.29) is 6.10 Å². The van der Waals surface area contributed by atoms with Gasteiger partial charge in [-0.25, -0.2) is 0 Å². The molecule has 0 saturated heterocycles. The average molecular weight is 115 g/mol. The lowest BCUT2D eigenvalue weighted by Crippen LogP contribution is -1.99. The summed E-state index contributed by atoms with van der Waals surface area (Å²) in [7, 11) is 0. The third kappa shape index (κ3) is 2.75. The van der Waals surface area contributed by atoms with Gasteiger partial charge in [0.15, 0.2) is 0 Å². The average Bonchev–Trinajstić information content (AvgIpc) is 2.24. The smallest absolute Gasteiger partial charge is 0.138 e. The molecule has 0 aromatic carbocycles. The molecule has 0 radical (unpaired) electrons. The van der Waals surface area contributed by atoms with Gasteiger partial charge in [0.2, 0.25) is 0 Å². The molecule has 1 aliphatic heterocycles. The zero-order valence-electron chi connectivity index (χ0n) is 5.72. The Labute approximate surface area is 50.6 Å². The Morgan fingerprint density at radius 3 is 2.38 bits per heavy atom. The molecule has 1 atom stereocenters. The Hall–Kier alpha value is -0.370. The molecular weight excluding hydrogens is 102 g/mol. The molecule has 1 aliphatic rings. The molecule has 0 aliphatic carbocycles. The van der Waals surface area contributed by atoms with E-state index in [9.17, 15) is 0 Å². The van der Waals surface area contributed by atoms with Crippen molar-refractivity contribution in [1.29, 1.82) is 0 Å². The van der Waals surface area contributed by atoms with Crippen LogP contribution in [-0.2, 0) is 4.74 Å². The van der Waals surface area contributed by atoms with Crippen molar-refractivity contribution in [3.05, 3.63) is 0 Å². The maximum absolute atomic E-state index is 4.93. The van der Waals surface area contributed by atoms with Gasteiger partial charge < -0.3 is 4.74 Å². The van der Waals surface area contributed by atoms with E-state index in [1.165, 1.54) is 0 Å². The highest BCUT2D eigenvalue weighted by Gasteiger charge is 1.99. The molecule has 0 N–H and O–H groups in total. The zero-order chi connectivity index (χ0) is 6.41.